The van der Waals surface area contributed by atoms with Crippen LogP contribution >= 0.6 is 0 Å². The van der Waals surface area contributed by atoms with Crippen LogP contribution in [-0.2, 0) is 10.0 Å². The number of pyridine rings is 1. The topological polar surface area (TPSA) is 115 Å². The Hall–Kier alpha value is -5.05. The minimum absolute atomic E-state index is 0.202. The maximum Gasteiger partial charge on any atom is 0.387 e. The molecule has 0 aliphatic heterocycles. The summed E-state index contributed by atoms with van der Waals surface area (Å²) in [6.45, 7) is -6.96. The number of carbonyl (C=O) groups is 2. The number of amides is 2. The highest BCUT2D eigenvalue weighted by molar-refractivity contribution is 7.93. The Kier molecular flexibility index (Phi) is 9.00. The Morgan fingerprint density at radius 1 is 0.810 bits per heavy atom. The zero-order valence-corrected chi connectivity index (χ0v) is 21.8. The number of hydrogen-bond donors (Lipinski definition) is 1. The molecule has 15 heteroatoms. The summed E-state index contributed by atoms with van der Waals surface area (Å²) < 4.78 is 101. The predicted octanol–water partition coefficient (Wildman–Crippen LogP) is 5.71. The van der Waals surface area contributed by atoms with E-state index in [1.165, 1.54) is 42.7 Å². The molecule has 2 amide bonds. The highest BCUT2D eigenvalue weighted by Gasteiger charge is 2.33. The Morgan fingerprint density at radius 2 is 1.45 bits per heavy atom. The number of carbonyl (C=O) groups excluding carboxylic acids is 2. The van der Waals surface area contributed by atoms with E-state index in [-0.39, 0.29) is 21.1 Å². The van der Waals surface area contributed by atoms with E-state index in [1.54, 1.807) is 6.07 Å². The SMILES string of the molecule is O=C(Nc1ccc(C(=O)N(c2ccc(OC(F)F)c(OC(F)F)c2)S(=O)(=O)c2ccc(F)cc2)cc1)c1cccnc1. The van der Waals surface area contributed by atoms with Crippen LogP contribution in [0, 0.1) is 5.82 Å². The molecule has 42 heavy (non-hydrogen) atoms. The van der Waals surface area contributed by atoms with Crippen molar-refractivity contribution >= 4 is 33.2 Å². The van der Waals surface area contributed by atoms with E-state index in [4.69, 9.17) is 0 Å². The molecule has 0 atom stereocenters. The minimum atomic E-state index is -4.86. The molecule has 1 heterocycles. The first-order valence-electron chi connectivity index (χ1n) is 11.7. The Labute approximate surface area is 235 Å². The molecule has 0 aliphatic rings. The number of hydrogen-bond acceptors (Lipinski definition) is 7. The minimum Gasteiger partial charge on any atom is -0.431 e. The summed E-state index contributed by atoms with van der Waals surface area (Å²) in [5.74, 6) is -4.34. The molecule has 0 unspecified atom stereocenters. The summed E-state index contributed by atoms with van der Waals surface area (Å²) in [5, 5.41) is 2.57. The highest BCUT2D eigenvalue weighted by atomic mass is 32.2. The molecule has 1 aromatic heterocycles. The zero-order valence-electron chi connectivity index (χ0n) is 21.0. The summed E-state index contributed by atoms with van der Waals surface area (Å²) in [7, 11) is -4.86. The van der Waals surface area contributed by atoms with Gasteiger partial charge in [-0.15, -0.1) is 0 Å². The molecule has 1 N–H and O–H groups in total. The molecule has 218 valence electrons. The molecule has 0 spiro atoms. The Bertz CT molecular complexity index is 1670. The number of aromatic nitrogens is 1. The van der Waals surface area contributed by atoms with Crippen molar-refractivity contribution < 1.29 is 49.4 Å². The van der Waals surface area contributed by atoms with Gasteiger partial charge in [-0.05, 0) is 72.8 Å². The van der Waals surface area contributed by atoms with Gasteiger partial charge in [0.1, 0.15) is 5.82 Å². The van der Waals surface area contributed by atoms with Crippen molar-refractivity contribution in [2.24, 2.45) is 0 Å². The van der Waals surface area contributed by atoms with Crippen LogP contribution in [0.2, 0.25) is 0 Å². The van der Waals surface area contributed by atoms with Gasteiger partial charge in [-0.3, -0.25) is 14.6 Å². The van der Waals surface area contributed by atoms with Crippen LogP contribution in [0.5, 0.6) is 11.5 Å². The van der Waals surface area contributed by atoms with Gasteiger partial charge in [0.25, 0.3) is 21.8 Å². The third kappa shape index (κ3) is 6.98. The molecule has 3 aromatic carbocycles. The molecule has 0 aliphatic carbocycles. The number of nitrogens with one attached hydrogen (secondary N) is 1. The van der Waals surface area contributed by atoms with Gasteiger partial charge in [-0.2, -0.15) is 21.9 Å². The standard InChI is InChI=1S/C27H18F5N3O6S/c28-18-5-10-21(11-6-18)42(38,39)35(20-9-12-22(40-26(29)30)23(14-20)41-27(31)32)25(37)16-3-7-19(8-4-16)34-24(36)17-2-1-13-33-15-17/h1-15,26-27H,(H,34,36). The Balaban J connectivity index is 1.74. The lowest BCUT2D eigenvalue weighted by atomic mass is 10.1. The number of alkyl halides is 4. The van der Waals surface area contributed by atoms with Gasteiger partial charge in [-0.25, -0.2) is 12.8 Å². The van der Waals surface area contributed by atoms with Gasteiger partial charge in [-0.1, -0.05) is 0 Å². The first-order chi connectivity index (χ1) is 20.0. The fraction of sp³-hybridized carbons (Fsp3) is 0.0741. The fourth-order valence-electron chi connectivity index (χ4n) is 3.60. The van der Waals surface area contributed by atoms with Crippen LogP contribution in [0.25, 0.3) is 0 Å². The summed E-state index contributed by atoms with van der Waals surface area (Å²) in [6, 6.07) is 13.6. The van der Waals surface area contributed by atoms with Crippen molar-refractivity contribution in [3.63, 3.8) is 0 Å². The first kappa shape index (κ1) is 29.9. The second kappa shape index (κ2) is 12.6. The number of benzene rings is 3. The second-order valence-corrected chi connectivity index (χ2v) is 9.98. The largest absolute Gasteiger partial charge is 0.431 e. The first-order valence-corrected chi connectivity index (χ1v) is 13.1. The van der Waals surface area contributed by atoms with Gasteiger partial charge in [0, 0.05) is 29.7 Å². The lowest BCUT2D eigenvalue weighted by molar-refractivity contribution is -0.0691. The molecule has 4 rings (SSSR count). The summed E-state index contributed by atoms with van der Waals surface area (Å²) >= 11 is 0. The predicted molar refractivity (Wildman–Crippen MR) is 139 cm³/mol. The second-order valence-electron chi connectivity index (χ2n) is 8.19. The number of anilines is 2. The molecule has 0 saturated heterocycles. The van der Waals surface area contributed by atoms with E-state index in [2.05, 4.69) is 19.8 Å². The molecule has 4 aromatic rings. The molecule has 0 saturated carbocycles. The normalized spacial score (nSPS) is 11.3. The lowest BCUT2D eigenvalue weighted by Gasteiger charge is -2.24. The van der Waals surface area contributed by atoms with Gasteiger partial charge in [0.15, 0.2) is 11.5 Å². The van der Waals surface area contributed by atoms with Crippen LogP contribution in [0.1, 0.15) is 20.7 Å². The maximum atomic E-state index is 13.6. The van der Waals surface area contributed by atoms with E-state index >= 15 is 0 Å². The average molecular weight is 608 g/mol. The fourth-order valence-corrected chi connectivity index (χ4v) is 5.00. The van der Waals surface area contributed by atoms with Crippen molar-refractivity contribution in [2.75, 3.05) is 9.62 Å². The van der Waals surface area contributed by atoms with Crippen molar-refractivity contribution in [1.82, 2.24) is 4.98 Å². The summed E-state index contributed by atoms with van der Waals surface area (Å²) in [5.41, 5.74) is -0.357. The molecule has 0 radical (unpaired) electrons. The van der Waals surface area contributed by atoms with Gasteiger partial charge < -0.3 is 14.8 Å². The third-order valence-corrected chi connectivity index (χ3v) is 7.17. The summed E-state index contributed by atoms with van der Waals surface area (Å²) in [4.78, 5) is 29.3. The number of rotatable bonds is 10. The van der Waals surface area contributed by atoms with Crippen LogP contribution in [0.15, 0.2) is 96.2 Å². The molecular weight excluding hydrogens is 589 g/mol. The van der Waals surface area contributed by atoms with E-state index in [9.17, 15) is 40.0 Å². The monoisotopic (exact) mass is 607 g/mol. The smallest absolute Gasteiger partial charge is 0.387 e. The van der Waals surface area contributed by atoms with Crippen molar-refractivity contribution in [3.8, 4) is 11.5 Å². The number of sulfonamides is 1. The van der Waals surface area contributed by atoms with E-state index in [0.29, 0.717) is 6.07 Å². The van der Waals surface area contributed by atoms with Crippen molar-refractivity contribution in [3.05, 3.63) is 108 Å². The van der Waals surface area contributed by atoms with Crippen LogP contribution in [0.3, 0.4) is 0 Å². The quantitative estimate of drug-likeness (QED) is 0.230. The highest BCUT2D eigenvalue weighted by Crippen LogP contribution is 2.37. The van der Waals surface area contributed by atoms with Crippen LogP contribution < -0.4 is 19.1 Å². The third-order valence-electron chi connectivity index (χ3n) is 5.44. The van der Waals surface area contributed by atoms with E-state index < -0.39 is 63.0 Å². The Morgan fingerprint density at radius 3 is 2.05 bits per heavy atom. The zero-order chi connectivity index (χ0) is 30.4. The molecule has 9 nitrogen and oxygen atoms in total. The van der Waals surface area contributed by atoms with Crippen LogP contribution in [0.4, 0.5) is 33.3 Å². The van der Waals surface area contributed by atoms with E-state index in [1.807, 2.05) is 0 Å². The van der Waals surface area contributed by atoms with Gasteiger partial charge >= 0.3 is 13.2 Å². The van der Waals surface area contributed by atoms with Crippen molar-refractivity contribution in [2.45, 2.75) is 18.1 Å². The number of nitrogens with zero attached hydrogens (tertiary/aromatic N) is 2. The van der Waals surface area contributed by atoms with Gasteiger partial charge in [0.05, 0.1) is 16.1 Å². The number of halogens is 5. The molecule has 0 bridgehead atoms. The number of ether oxygens (including phenoxy) is 2. The van der Waals surface area contributed by atoms with Crippen molar-refractivity contribution in [1.29, 1.82) is 0 Å². The van der Waals surface area contributed by atoms with Crippen LogP contribution in [-0.4, -0.2) is 38.4 Å². The molecular formula is C27H18F5N3O6S. The average Bonchev–Trinajstić information content (AvgIpc) is 2.95. The maximum absolute atomic E-state index is 13.6. The molecule has 0 fully saturated rings. The van der Waals surface area contributed by atoms with E-state index in [0.717, 1.165) is 36.4 Å². The van der Waals surface area contributed by atoms with Gasteiger partial charge in [0.2, 0.25) is 0 Å². The lowest BCUT2D eigenvalue weighted by Crippen LogP contribution is -2.37. The summed E-state index contributed by atoms with van der Waals surface area (Å²) in [6.07, 6.45) is 2.81.